The van der Waals surface area contributed by atoms with Gasteiger partial charge in [0.1, 0.15) is 22.8 Å². The van der Waals surface area contributed by atoms with Gasteiger partial charge in [0.2, 0.25) is 5.78 Å². The minimum Gasteiger partial charge on any atom is -0.508 e. The third kappa shape index (κ3) is 2.90. The Morgan fingerprint density at radius 2 is 1.92 bits per heavy atom. The average molecular weight is 495 g/mol. The van der Waals surface area contributed by atoms with Crippen molar-refractivity contribution < 1.29 is 39.2 Å². The summed E-state index contributed by atoms with van der Waals surface area (Å²) < 4.78 is 5.18. The molecule has 3 aliphatic carbocycles. The summed E-state index contributed by atoms with van der Waals surface area (Å²) in [5.41, 5.74) is 9.15. The highest BCUT2D eigenvalue weighted by Crippen LogP contribution is 2.54. The van der Waals surface area contributed by atoms with Gasteiger partial charge in [0.05, 0.1) is 29.8 Å². The molecule has 11 heteroatoms. The maximum atomic E-state index is 13.8. The molecule has 3 aliphatic rings. The van der Waals surface area contributed by atoms with Crippen molar-refractivity contribution >= 4 is 28.9 Å². The third-order valence-corrected chi connectivity index (χ3v) is 7.58. The lowest BCUT2D eigenvalue weighted by molar-refractivity contribution is -0.153. The maximum absolute atomic E-state index is 13.8. The molecule has 4 atom stereocenters. The van der Waals surface area contributed by atoms with Crippen molar-refractivity contribution in [3.63, 3.8) is 0 Å². The first-order chi connectivity index (χ1) is 16.9. The van der Waals surface area contributed by atoms with Gasteiger partial charge in [0, 0.05) is 17.1 Å². The lowest BCUT2D eigenvalue weighted by Crippen LogP contribution is -2.65. The molecule has 5 rings (SSSR count). The molecule has 1 aromatic carbocycles. The first-order valence-corrected chi connectivity index (χ1v) is 11.2. The van der Waals surface area contributed by atoms with E-state index in [4.69, 9.17) is 15.9 Å². The number of Topliss-reactive ketones (excluding diaryl/α,β-unsaturated/α-hetero) is 2. The van der Waals surface area contributed by atoms with Crippen LogP contribution >= 0.6 is 0 Å². The van der Waals surface area contributed by atoms with Crippen LogP contribution in [0.2, 0.25) is 0 Å². The molecule has 188 valence electrons. The number of amides is 1. The zero-order chi connectivity index (χ0) is 26.3. The first-order valence-electron chi connectivity index (χ1n) is 11.2. The Bertz CT molecular complexity index is 1400. The second-order valence-corrected chi connectivity index (χ2v) is 9.69. The zero-order valence-electron chi connectivity index (χ0n) is 19.5. The minimum atomic E-state index is -2.69. The molecule has 1 heterocycles. The van der Waals surface area contributed by atoms with Gasteiger partial charge >= 0.3 is 0 Å². The molecule has 0 unspecified atom stereocenters. The Balaban J connectivity index is 1.77. The number of likely N-dealkylation sites (N-methyl/N-ethyl adjacent to an activating group) is 1. The fraction of sp³-hybridized carbons (Fsp3) is 0.320. The standard InChI is InChI=1S/C25H25N3O8/c1-28(2)18-13-6-10-5-12-11(9-3-4-36-8-9)7-14(26)19(29)16(12)20(30)15(10)22(32)25(13,35)23(33)17(21(18)31)24(27)34/h3-4,7-8,10,13,18,29-30,33,35H,5-6,26H2,1-2H3,(H2,27,34)/t10-,13-,18+,25-/m1/s1. The Labute approximate surface area is 204 Å². The van der Waals surface area contributed by atoms with Crippen molar-refractivity contribution in [1.82, 2.24) is 4.90 Å². The quantitative estimate of drug-likeness (QED) is 0.201. The number of carbonyl (C=O) groups excluding carboxylic acids is 3. The van der Waals surface area contributed by atoms with E-state index in [1.807, 2.05) is 0 Å². The first kappa shape index (κ1) is 23.6. The summed E-state index contributed by atoms with van der Waals surface area (Å²) >= 11 is 0. The summed E-state index contributed by atoms with van der Waals surface area (Å²) in [5.74, 6) is -7.15. The summed E-state index contributed by atoms with van der Waals surface area (Å²) in [6.07, 6.45) is 3.09. The molecular formula is C25H25N3O8. The van der Waals surface area contributed by atoms with Gasteiger partial charge in [-0.25, -0.2) is 0 Å². The van der Waals surface area contributed by atoms with Crippen LogP contribution in [0.3, 0.4) is 0 Å². The Morgan fingerprint density at radius 1 is 1.22 bits per heavy atom. The number of primary amides is 1. The molecule has 0 radical (unpaired) electrons. The number of nitrogen functional groups attached to an aromatic ring is 1. The van der Waals surface area contributed by atoms with Gasteiger partial charge < -0.3 is 36.3 Å². The number of aliphatic hydroxyl groups is 3. The predicted octanol–water partition coefficient (Wildman–Crippen LogP) is 0.806. The largest absolute Gasteiger partial charge is 0.508 e. The lowest BCUT2D eigenvalue weighted by Gasteiger charge is -2.50. The molecule has 0 bridgehead atoms. The molecule has 1 aromatic heterocycles. The molecule has 0 saturated heterocycles. The Morgan fingerprint density at radius 3 is 2.50 bits per heavy atom. The molecule has 8 N–H and O–H groups in total. The van der Waals surface area contributed by atoms with Gasteiger partial charge in [-0.2, -0.15) is 0 Å². The normalized spacial score (nSPS) is 27.7. The number of furan rings is 1. The SMILES string of the molecule is CN(C)[C@@H]1C(=O)C(C(N)=O)=C(O)[C@]2(O)C(=O)C3=C(O)c4c(O)c(N)cc(-c5ccoc5)c4C[C@@H]3C[C@H]12. The molecule has 1 amide bonds. The molecule has 1 fully saturated rings. The highest BCUT2D eigenvalue weighted by Gasteiger charge is 2.64. The number of hydrogen-bond acceptors (Lipinski definition) is 10. The van der Waals surface area contributed by atoms with Gasteiger partial charge in [-0.15, -0.1) is 0 Å². The van der Waals surface area contributed by atoms with E-state index in [1.54, 1.807) is 26.2 Å². The fourth-order valence-electron chi connectivity index (χ4n) is 6.01. The van der Waals surface area contributed by atoms with Crippen molar-refractivity contribution in [2.75, 3.05) is 19.8 Å². The van der Waals surface area contributed by atoms with Crippen LogP contribution in [0.5, 0.6) is 5.75 Å². The van der Waals surface area contributed by atoms with E-state index < -0.39 is 63.8 Å². The smallest absolute Gasteiger partial charge is 0.255 e. The molecule has 11 nitrogen and oxygen atoms in total. The third-order valence-electron chi connectivity index (χ3n) is 7.58. The molecule has 36 heavy (non-hydrogen) atoms. The van der Waals surface area contributed by atoms with E-state index in [2.05, 4.69) is 0 Å². The van der Waals surface area contributed by atoms with Gasteiger partial charge in [-0.3, -0.25) is 19.3 Å². The van der Waals surface area contributed by atoms with Crippen LogP contribution in [0.4, 0.5) is 5.69 Å². The summed E-state index contributed by atoms with van der Waals surface area (Å²) in [7, 11) is 3.09. The summed E-state index contributed by atoms with van der Waals surface area (Å²) in [4.78, 5) is 40.5. The highest BCUT2D eigenvalue weighted by molar-refractivity contribution is 6.24. The van der Waals surface area contributed by atoms with Crippen LogP contribution in [0.15, 0.2) is 46.0 Å². The van der Waals surface area contributed by atoms with Crippen LogP contribution in [-0.2, 0) is 20.8 Å². The van der Waals surface area contributed by atoms with Gasteiger partial charge in [-0.05, 0) is 56.1 Å². The average Bonchev–Trinajstić information content (AvgIpc) is 3.33. The van der Waals surface area contributed by atoms with Crippen molar-refractivity contribution in [2.45, 2.75) is 24.5 Å². The molecule has 0 spiro atoms. The van der Waals surface area contributed by atoms with Crippen LogP contribution < -0.4 is 11.5 Å². The van der Waals surface area contributed by atoms with E-state index in [-0.39, 0.29) is 29.7 Å². The van der Waals surface area contributed by atoms with E-state index in [9.17, 15) is 34.8 Å². The van der Waals surface area contributed by atoms with Gasteiger partial charge in [-0.1, -0.05) is 0 Å². The lowest BCUT2D eigenvalue weighted by atomic mass is 9.57. The molecule has 0 aliphatic heterocycles. The number of phenols is 1. The second kappa shape index (κ2) is 7.70. The number of nitrogens with two attached hydrogens (primary N) is 2. The number of fused-ring (bicyclic) bond motifs is 3. The van der Waals surface area contributed by atoms with Gasteiger partial charge in [0.15, 0.2) is 11.4 Å². The molecule has 2 aromatic rings. The highest BCUT2D eigenvalue weighted by atomic mass is 16.3. The summed E-state index contributed by atoms with van der Waals surface area (Å²) in [6.45, 7) is 0. The van der Waals surface area contributed by atoms with Crippen molar-refractivity contribution in [2.24, 2.45) is 17.6 Å². The number of aliphatic hydroxyl groups excluding tert-OH is 2. The number of nitrogens with zero attached hydrogens (tertiary/aromatic N) is 1. The zero-order valence-corrected chi connectivity index (χ0v) is 19.5. The fourth-order valence-corrected chi connectivity index (χ4v) is 6.01. The number of ketones is 2. The van der Waals surface area contributed by atoms with E-state index in [1.165, 1.54) is 17.4 Å². The second-order valence-electron chi connectivity index (χ2n) is 9.69. The van der Waals surface area contributed by atoms with Crippen LogP contribution in [0, 0.1) is 11.8 Å². The van der Waals surface area contributed by atoms with Crippen molar-refractivity contribution in [1.29, 1.82) is 0 Å². The Hall–Kier alpha value is -4.09. The number of aromatic hydroxyl groups is 1. The van der Waals surface area contributed by atoms with E-state index in [0.29, 0.717) is 16.7 Å². The summed E-state index contributed by atoms with van der Waals surface area (Å²) in [5, 5.41) is 44.5. The molecule has 1 saturated carbocycles. The maximum Gasteiger partial charge on any atom is 0.255 e. The van der Waals surface area contributed by atoms with Gasteiger partial charge in [0.25, 0.3) is 5.91 Å². The number of anilines is 1. The minimum absolute atomic E-state index is 0.00171. The monoisotopic (exact) mass is 495 g/mol. The number of carbonyl (C=O) groups is 3. The van der Waals surface area contributed by atoms with Crippen LogP contribution in [0.25, 0.3) is 16.9 Å². The van der Waals surface area contributed by atoms with Crippen molar-refractivity contribution in [3.8, 4) is 16.9 Å². The number of benzene rings is 1. The molecular weight excluding hydrogens is 470 g/mol. The van der Waals surface area contributed by atoms with E-state index >= 15 is 0 Å². The Kier molecular flexibility index (Phi) is 5.06. The number of rotatable bonds is 3. The number of phenolic OH excluding ortho intramolecular Hbond substituents is 1. The topological polar surface area (TPSA) is 201 Å². The summed E-state index contributed by atoms with van der Waals surface area (Å²) in [6, 6.07) is 2.08. The predicted molar refractivity (Wildman–Crippen MR) is 126 cm³/mol. The van der Waals surface area contributed by atoms with Crippen LogP contribution in [0.1, 0.15) is 17.5 Å². The van der Waals surface area contributed by atoms with Crippen LogP contribution in [-0.4, -0.2) is 68.5 Å². The van der Waals surface area contributed by atoms with E-state index in [0.717, 1.165) is 0 Å². The number of hydrogen-bond donors (Lipinski definition) is 6. The van der Waals surface area contributed by atoms with Crippen molar-refractivity contribution in [3.05, 3.63) is 52.7 Å².